The van der Waals surface area contributed by atoms with Crippen molar-refractivity contribution in [2.24, 2.45) is 17.6 Å². The Balaban J connectivity index is 1.26. The molecule has 0 bridgehead atoms. The molecule has 2 aromatic carbocycles. The Morgan fingerprint density at radius 1 is 1.34 bits per heavy atom. The number of carbonyl (C=O) groups excluding carboxylic acids is 1. The number of aromatic nitrogens is 4. The topological polar surface area (TPSA) is 128 Å². The predicted molar refractivity (Wildman–Crippen MR) is 141 cm³/mol. The van der Waals surface area contributed by atoms with Crippen LogP contribution in [0.1, 0.15) is 22.3 Å². The van der Waals surface area contributed by atoms with Crippen molar-refractivity contribution in [3.05, 3.63) is 70.6 Å². The quantitative estimate of drug-likeness (QED) is 0.297. The highest BCUT2D eigenvalue weighted by molar-refractivity contribution is 6.34. The summed E-state index contributed by atoms with van der Waals surface area (Å²) in [5.74, 6) is 0.654. The molecule has 3 N–H and O–H groups in total. The lowest BCUT2D eigenvalue weighted by Crippen LogP contribution is -2.32. The average Bonchev–Trinajstić information content (AvgIpc) is 3.41. The van der Waals surface area contributed by atoms with Gasteiger partial charge in [0.1, 0.15) is 22.8 Å². The number of fused-ring (bicyclic) bond motifs is 2. The number of anilines is 1. The van der Waals surface area contributed by atoms with Crippen molar-refractivity contribution in [2.45, 2.75) is 11.8 Å². The molecule has 2 aromatic heterocycles. The minimum Gasteiger partial charge on any atom is -0.355 e. The Labute approximate surface area is 223 Å². The Kier molecular flexibility index (Phi) is 5.78. The Morgan fingerprint density at radius 2 is 2.16 bits per heavy atom. The molecule has 9 nitrogen and oxygen atoms in total. The summed E-state index contributed by atoms with van der Waals surface area (Å²) in [6.45, 7) is 1.90. The monoisotopic (exact) mass is 530 g/mol. The normalized spacial score (nSPS) is 22.1. The van der Waals surface area contributed by atoms with E-state index in [0.717, 1.165) is 24.4 Å². The summed E-state index contributed by atoms with van der Waals surface area (Å²) in [4.78, 5) is 24.8. The summed E-state index contributed by atoms with van der Waals surface area (Å²) < 4.78 is 14.7. The molecule has 2 aliphatic rings. The first-order chi connectivity index (χ1) is 18.4. The van der Waals surface area contributed by atoms with E-state index >= 15 is 0 Å². The van der Waals surface area contributed by atoms with E-state index in [-0.39, 0.29) is 17.2 Å². The molecule has 4 aromatic rings. The standard InChI is InChI=1S/C27H24ClFN8O/c1-36(14-31)26(38)15-6-7-16(20(28)10-15)23-24-25(35-34-23)33-22(11-32-24)37-9-8-17-19(12-37)27(17,13-30)18-4-2-3-5-21(18)29/h2-7,10-11,17,19H,8-9,12-13,30H2,1H3,(H,33,34,35)/t17-,19+,27-/m1/s1. The number of nitrogens with one attached hydrogen (secondary N) is 1. The summed E-state index contributed by atoms with van der Waals surface area (Å²) in [5.41, 5.74) is 9.06. The first kappa shape index (κ1) is 24.3. The molecule has 11 heteroatoms. The van der Waals surface area contributed by atoms with E-state index in [1.807, 2.05) is 12.1 Å². The SMILES string of the molecule is CN(C#N)C(=O)c1ccc(-c2n[nH]c3nc(N4CC[C@@H]5[C@H](C4)[C@@]5(CN)c4ccccc4F)cnc23)c(Cl)c1. The molecule has 1 aliphatic carbocycles. The third kappa shape index (κ3) is 3.61. The van der Waals surface area contributed by atoms with Crippen LogP contribution in [0.4, 0.5) is 10.2 Å². The summed E-state index contributed by atoms with van der Waals surface area (Å²) in [5, 5.41) is 16.6. The first-order valence-electron chi connectivity index (χ1n) is 12.3. The second-order valence-corrected chi connectivity index (χ2v) is 10.2. The Bertz CT molecular complexity index is 1620. The second kappa shape index (κ2) is 9.04. The fourth-order valence-electron chi connectivity index (χ4n) is 6.05. The second-order valence-electron chi connectivity index (χ2n) is 9.83. The molecule has 0 spiro atoms. The largest absolute Gasteiger partial charge is 0.355 e. The molecule has 0 unspecified atom stereocenters. The van der Waals surface area contributed by atoms with Crippen LogP contribution in [-0.4, -0.2) is 57.7 Å². The van der Waals surface area contributed by atoms with Crippen molar-refractivity contribution in [1.82, 2.24) is 25.1 Å². The zero-order chi connectivity index (χ0) is 26.6. The number of halogens is 2. The average molecular weight is 531 g/mol. The van der Waals surface area contributed by atoms with Gasteiger partial charge in [-0.05, 0) is 42.0 Å². The van der Waals surface area contributed by atoms with E-state index in [2.05, 4.69) is 20.1 Å². The number of nitriles is 1. The minimum atomic E-state index is -0.453. The van der Waals surface area contributed by atoms with Crippen molar-refractivity contribution >= 4 is 34.5 Å². The third-order valence-electron chi connectivity index (χ3n) is 8.05. The number of carbonyl (C=O) groups is 1. The Hall–Kier alpha value is -4.07. The first-order valence-corrected chi connectivity index (χ1v) is 12.7. The van der Waals surface area contributed by atoms with Crippen LogP contribution in [0.25, 0.3) is 22.4 Å². The summed E-state index contributed by atoms with van der Waals surface area (Å²) in [7, 11) is 1.39. The van der Waals surface area contributed by atoms with E-state index in [9.17, 15) is 9.18 Å². The maximum absolute atomic E-state index is 14.7. The molecule has 1 saturated carbocycles. The van der Waals surface area contributed by atoms with Gasteiger partial charge in [-0.3, -0.25) is 9.89 Å². The van der Waals surface area contributed by atoms with Gasteiger partial charge < -0.3 is 10.6 Å². The summed E-state index contributed by atoms with van der Waals surface area (Å²) in [6.07, 6.45) is 4.39. The van der Waals surface area contributed by atoms with Crippen molar-refractivity contribution in [3.63, 3.8) is 0 Å². The van der Waals surface area contributed by atoms with Crippen LogP contribution in [0.3, 0.4) is 0 Å². The van der Waals surface area contributed by atoms with Crippen LogP contribution in [0.5, 0.6) is 0 Å². The number of rotatable bonds is 5. The summed E-state index contributed by atoms with van der Waals surface area (Å²) in [6, 6.07) is 11.7. The molecule has 6 rings (SSSR count). The number of H-pyrrole nitrogens is 1. The number of nitrogens with two attached hydrogens (primary N) is 1. The maximum Gasteiger partial charge on any atom is 0.266 e. The van der Waals surface area contributed by atoms with E-state index in [0.29, 0.717) is 56.9 Å². The fraction of sp³-hybridized carbons (Fsp3) is 0.296. The van der Waals surface area contributed by atoms with Crippen LogP contribution < -0.4 is 10.6 Å². The molecule has 1 aliphatic heterocycles. The van der Waals surface area contributed by atoms with Gasteiger partial charge in [0.05, 0.1) is 11.2 Å². The van der Waals surface area contributed by atoms with Gasteiger partial charge in [0.2, 0.25) is 0 Å². The van der Waals surface area contributed by atoms with Crippen LogP contribution in [0.2, 0.25) is 5.02 Å². The van der Waals surface area contributed by atoms with Crippen molar-refractivity contribution in [1.29, 1.82) is 5.26 Å². The van der Waals surface area contributed by atoms with Crippen molar-refractivity contribution in [3.8, 4) is 17.5 Å². The lowest BCUT2D eigenvalue weighted by atomic mass is 9.91. The van der Waals surface area contributed by atoms with E-state index < -0.39 is 5.91 Å². The Morgan fingerprint density at radius 3 is 2.89 bits per heavy atom. The van der Waals surface area contributed by atoms with Crippen LogP contribution in [0.15, 0.2) is 48.7 Å². The number of aromatic amines is 1. The van der Waals surface area contributed by atoms with Crippen LogP contribution in [-0.2, 0) is 5.41 Å². The molecule has 0 radical (unpaired) electrons. The molecule has 1 amide bonds. The highest BCUT2D eigenvalue weighted by Crippen LogP contribution is 2.63. The molecular formula is C27H24ClFN8O. The van der Waals surface area contributed by atoms with Gasteiger partial charge in [0.15, 0.2) is 11.8 Å². The zero-order valence-electron chi connectivity index (χ0n) is 20.5. The molecule has 192 valence electrons. The zero-order valence-corrected chi connectivity index (χ0v) is 21.3. The smallest absolute Gasteiger partial charge is 0.266 e. The van der Waals surface area contributed by atoms with Crippen molar-refractivity contribution < 1.29 is 9.18 Å². The van der Waals surface area contributed by atoms with Crippen LogP contribution in [0, 0.1) is 29.1 Å². The fourth-order valence-corrected chi connectivity index (χ4v) is 6.32. The van der Waals surface area contributed by atoms with Gasteiger partial charge >= 0.3 is 0 Å². The van der Waals surface area contributed by atoms with Gasteiger partial charge in [0.25, 0.3) is 5.91 Å². The number of amides is 1. The lowest BCUT2D eigenvalue weighted by Gasteiger charge is -2.26. The molecule has 1 saturated heterocycles. The third-order valence-corrected chi connectivity index (χ3v) is 8.36. The number of hydrogen-bond acceptors (Lipinski definition) is 7. The summed E-state index contributed by atoms with van der Waals surface area (Å²) >= 11 is 6.49. The van der Waals surface area contributed by atoms with Gasteiger partial charge in [-0.1, -0.05) is 35.9 Å². The molecule has 3 atom stereocenters. The van der Waals surface area contributed by atoms with Gasteiger partial charge in [-0.2, -0.15) is 10.4 Å². The minimum absolute atomic E-state index is 0.196. The van der Waals surface area contributed by atoms with Gasteiger partial charge in [0, 0.05) is 43.2 Å². The molecule has 2 fully saturated rings. The number of nitrogens with zero attached hydrogens (tertiary/aromatic N) is 6. The highest BCUT2D eigenvalue weighted by Gasteiger charge is 2.66. The number of piperidine rings is 1. The predicted octanol–water partition coefficient (Wildman–Crippen LogP) is 3.72. The molecule has 3 heterocycles. The van der Waals surface area contributed by atoms with Gasteiger partial charge in [-0.25, -0.2) is 19.3 Å². The van der Waals surface area contributed by atoms with E-state index in [1.165, 1.54) is 19.2 Å². The van der Waals surface area contributed by atoms with Gasteiger partial charge in [-0.15, -0.1) is 0 Å². The van der Waals surface area contributed by atoms with Crippen LogP contribution >= 0.6 is 11.6 Å². The molecular weight excluding hydrogens is 507 g/mol. The number of benzene rings is 2. The number of hydrogen-bond donors (Lipinski definition) is 2. The van der Waals surface area contributed by atoms with Crippen molar-refractivity contribution in [2.75, 3.05) is 31.6 Å². The van der Waals surface area contributed by atoms with E-state index in [1.54, 1.807) is 30.6 Å². The van der Waals surface area contributed by atoms with E-state index in [4.69, 9.17) is 27.6 Å². The lowest BCUT2D eigenvalue weighted by molar-refractivity contribution is 0.0858. The highest BCUT2D eigenvalue weighted by atomic mass is 35.5. The molecule has 38 heavy (non-hydrogen) atoms. The maximum atomic E-state index is 14.7.